The molecule has 0 aromatic heterocycles. The molecule has 0 bridgehead atoms. The lowest BCUT2D eigenvalue weighted by Crippen LogP contribution is -2.61. The molecule has 2 fully saturated rings. The van der Waals surface area contributed by atoms with E-state index < -0.39 is 0 Å². The zero-order valence-corrected chi connectivity index (χ0v) is 11.0. The minimum atomic E-state index is 0.531. The summed E-state index contributed by atoms with van der Waals surface area (Å²) in [5.41, 5.74) is 0. The molecule has 3 heteroatoms. The summed E-state index contributed by atoms with van der Waals surface area (Å²) in [4.78, 5) is 0. The number of rotatable bonds is 4. The van der Waals surface area contributed by atoms with Crippen LogP contribution in [-0.4, -0.2) is 43.9 Å². The topological polar surface area (TPSA) is 33.0 Å². The average molecular weight is 237 g/mol. The van der Waals surface area contributed by atoms with Crippen LogP contribution >= 0.6 is 0 Å². The Morgan fingerprint density at radius 3 is 2.88 bits per heavy atom. The molecule has 0 amide bonds. The van der Waals surface area contributed by atoms with Crippen molar-refractivity contribution in [2.24, 2.45) is 5.92 Å². The maximum Gasteiger partial charge on any atom is 0.0939 e. The minimum Gasteiger partial charge on any atom is -0.380 e. The Bertz CT molecular complexity index is 282. The summed E-state index contributed by atoms with van der Waals surface area (Å²) in [6.45, 7) is 4.21. The fraction of sp³-hybridized carbons (Fsp3) is 0.929. The van der Waals surface area contributed by atoms with Crippen LogP contribution in [0.1, 0.15) is 38.5 Å². The molecular weight excluding hydrogens is 212 g/mol. The molecule has 0 saturated carbocycles. The summed E-state index contributed by atoms with van der Waals surface area (Å²) in [5, 5.41) is 8.50. The van der Waals surface area contributed by atoms with Gasteiger partial charge in [-0.25, -0.2) is 0 Å². The van der Waals surface area contributed by atoms with Crippen LogP contribution in [0.2, 0.25) is 0 Å². The highest BCUT2D eigenvalue weighted by Crippen LogP contribution is 2.35. The first-order valence-corrected chi connectivity index (χ1v) is 7.05. The van der Waals surface area contributed by atoms with E-state index in [1.54, 1.807) is 0 Å². The molecule has 2 rings (SSSR count). The Balaban J connectivity index is 1.86. The lowest BCUT2D eigenvalue weighted by atomic mass is 9.82. The van der Waals surface area contributed by atoms with Gasteiger partial charge < -0.3 is 9.22 Å². The van der Waals surface area contributed by atoms with E-state index in [9.17, 15) is 0 Å². The molecule has 2 aliphatic rings. The first-order valence-electron chi connectivity index (χ1n) is 7.05. The Morgan fingerprint density at radius 2 is 2.06 bits per heavy atom. The number of nitrogens with zero attached hydrogens (tertiary/aromatic N) is 2. The molecule has 3 nitrogen and oxygen atoms in total. The van der Waals surface area contributed by atoms with Gasteiger partial charge in [0.1, 0.15) is 0 Å². The van der Waals surface area contributed by atoms with Gasteiger partial charge in [-0.05, 0) is 25.7 Å². The Kier molecular flexibility index (Phi) is 4.42. The van der Waals surface area contributed by atoms with Gasteiger partial charge in [-0.3, -0.25) is 0 Å². The summed E-state index contributed by atoms with van der Waals surface area (Å²) in [7, 11) is 2.44. The molecule has 0 unspecified atom stereocenters. The molecule has 2 aliphatic heterocycles. The molecule has 0 aliphatic carbocycles. The van der Waals surface area contributed by atoms with Crippen molar-refractivity contribution in [3.05, 3.63) is 0 Å². The number of piperidine rings is 2. The van der Waals surface area contributed by atoms with Crippen molar-refractivity contribution >= 4 is 0 Å². The maximum absolute atomic E-state index is 8.50. The number of ether oxygens (including phenoxy) is 1. The molecule has 2 heterocycles. The second kappa shape index (κ2) is 5.84. The average Bonchev–Trinajstić information content (AvgIpc) is 2.34. The van der Waals surface area contributed by atoms with Gasteiger partial charge in [0.15, 0.2) is 0 Å². The third-order valence-corrected chi connectivity index (χ3v) is 4.70. The van der Waals surface area contributed by atoms with E-state index in [-0.39, 0.29) is 0 Å². The van der Waals surface area contributed by atoms with E-state index in [0.29, 0.717) is 13.0 Å². The van der Waals surface area contributed by atoms with E-state index in [1.807, 2.05) is 0 Å². The minimum absolute atomic E-state index is 0.531. The van der Waals surface area contributed by atoms with Gasteiger partial charge in [0.2, 0.25) is 0 Å². The number of nitriles is 1. The highest BCUT2D eigenvalue weighted by molar-refractivity contribution is 4.79. The van der Waals surface area contributed by atoms with Crippen LogP contribution in [0, 0.1) is 17.2 Å². The van der Waals surface area contributed by atoms with Crippen molar-refractivity contribution in [2.45, 2.75) is 44.6 Å². The molecule has 3 atom stereocenters. The highest BCUT2D eigenvalue weighted by atomic mass is 16.5. The number of quaternary nitrogens is 1. The van der Waals surface area contributed by atoms with E-state index >= 15 is 0 Å². The number of hydrogen-bond donors (Lipinski definition) is 0. The molecule has 17 heavy (non-hydrogen) atoms. The first-order chi connectivity index (χ1) is 8.26. The normalized spacial score (nSPS) is 37.2. The van der Waals surface area contributed by atoms with Gasteiger partial charge in [0, 0.05) is 12.3 Å². The van der Waals surface area contributed by atoms with Crippen molar-refractivity contribution in [2.75, 3.05) is 33.4 Å². The van der Waals surface area contributed by atoms with Gasteiger partial charge in [-0.1, -0.05) is 0 Å². The standard InChI is InChI=1S/C14H25N2O/c1-16-9-3-2-7-14(16)13(6-4-10-16)12-17-11-5-8-15/h13-14H,2-7,9-12H2,1H3/q+1/t13-,14+,16+/m1/s1. The lowest BCUT2D eigenvalue weighted by Gasteiger charge is -2.51. The second-order valence-corrected chi connectivity index (χ2v) is 5.88. The summed E-state index contributed by atoms with van der Waals surface area (Å²) < 4.78 is 6.96. The maximum atomic E-state index is 8.50. The zero-order chi connectivity index (χ0) is 12.1. The molecular formula is C14H25N2O+. The van der Waals surface area contributed by atoms with Gasteiger partial charge in [-0.2, -0.15) is 5.26 Å². The van der Waals surface area contributed by atoms with E-state index in [1.165, 1.54) is 49.7 Å². The van der Waals surface area contributed by atoms with E-state index in [2.05, 4.69) is 13.1 Å². The quantitative estimate of drug-likeness (QED) is 0.555. The predicted molar refractivity (Wildman–Crippen MR) is 67.3 cm³/mol. The van der Waals surface area contributed by atoms with Crippen molar-refractivity contribution < 1.29 is 9.22 Å². The number of fused-ring (bicyclic) bond motifs is 1. The third-order valence-electron chi connectivity index (χ3n) is 4.70. The second-order valence-electron chi connectivity index (χ2n) is 5.88. The Morgan fingerprint density at radius 1 is 1.24 bits per heavy atom. The fourth-order valence-corrected chi connectivity index (χ4v) is 3.78. The van der Waals surface area contributed by atoms with E-state index in [4.69, 9.17) is 10.00 Å². The third kappa shape index (κ3) is 3.00. The molecule has 0 spiro atoms. The molecule has 0 aromatic carbocycles. The van der Waals surface area contributed by atoms with Crippen molar-refractivity contribution in [1.82, 2.24) is 0 Å². The van der Waals surface area contributed by atoms with Crippen LogP contribution in [0.3, 0.4) is 0 Å². The predicted octanol–water partition coefficient (Wildman–Crippen LogP) is 2.33. The lowest BCUT2D eigenvalue weighted by molar-refractivity contribution is -0.947. The summed E-state index contributed by atoms with van der Waals surface area (Å²) in [6.07, 6.45) is 7.37. The van der Waals surface area contributed by atoms with Crippen LogP contribution in [-0.2, 0) is 4.74 Å². The number of hydrogen-bond acceptors (Lipinski definition) is 2. The largest absolute Gasteiger partial charge is 0.380 e. The Hall–Kier alpha value is -0.590. The van der Waals surface area contributed by atoms with Crippen molar-refractivity contribution in [3.63, 3.8) is 0 Å². The smallest absolute Gasteiger partial charge is 0.0939 e. The summed E-state index contributed by atoms with van der Waals surface area (Å²) in [6, 6.07) is 2.96. The van der Waals surface area contributed by atoms with Crippen LogP contribution in [0.25, 0.3) is 0 Å². The molecule has 2 saturated heterocycles. The summed E-state index contributed by atoms with van der Waals surface area (Å²) >= 11 is 0. The summed E-state index contributed by atoms with van der Waals surface area (Å²) in [5.74, 6) is 0.729. The van der Waals surface area contributed by atoms with Crippen LogP contribution in [0.4, 0.5) is 0 Å². The monoisotopic (exact) mass is 237 g/mol. The molecule has 0 aromatic rings. The highest BCUT2D eigenvalue weighted by Gasteiger charge is 2.43. The van der Waals surface area contributed by atoms with Crippen molar-refractivity contribution in [1.29, 1.82) is 5.26 Å². The van der Waals surface area contributed by atoms with Gasteiger partial charge >= 0.3 is 0 Å². The van der Waals surface area contributed by atoms with Crippen molar-refractivity contribution in [3.8, 4) is 6.07 Å². The molecule has 0 N–H and O–H groups in total. The van der Waals surface area contributed by atoms with Gasteiger partial charge in [0.25, 0.3) is 0 Å². The molecule has 96 valence electrons. The van der Waals surface area contributed by atoms with Gasteiger partial charge in [-0.15, -0.1) is 0 Å². The fourth-order valence-electron chi connectivity index (χ4n) is 3.78. The van der Waals surface area contributed by atoms with Crippen LogP contribution in [0.5, 0.6) is 0 Å². The SMILES string of the molecule is C[N@@+]12CCCC[C@H]1[C@@H](COCCC#N)CCC2. The van der Waals surface area contributed by atoms with Crippen LogP contribution in [0.15, 0.2) is 0 Å². The van der Waals surface area contributed by atoms with Crippen LogP contribution < -0.4 is 0 Å². The Labute approximate surface area is 105 Å². The van der Waals surface area contributed by atoms with Gasteiger partial charge in [0.05, 0.1) is 51.9 Å². The van der Waals surface area contributed by atoms with E-state index in [0.717, 1.165) is 18.6 Å². The molecule has 0 radical (unpaired) electrons. The first kappa shape index (κ1) is 12.9. The zero-order valence-electron chi connectivity index (χ0n) is 11.0.